The third-order valence-electron chi connectivity index (χ3n) is 5.78. The highest BCUT2D eigenvalue weighted by Crippen LogP contribution is 2.30. The zero-order valence-electron chi connectivity index (χ0n) is 18.0. The molecule has 8 heteroatoms. The molecule has 1 N–H and O–H groups in total. The minimum Gasteiger partial charge on any atom is -0.327 e. The number of hydrogen-bond acceptors (Lipinski definition) is 4. The molecule has 2 aromatic carbocycles. The van der Waals surface area contributed by atoms with E-state index in [1.54, 1.807) is 24.5 Å². The normalized spacial score (nSPS) is 11.1. The molecule has 5 rings (SSSR count). The minimum absolute atomic E-state index is 0.143. The van der Waals surface area contributed by atoms with Gasteiger partial charge in [0.15, 0.2) is 0 Å². The molecule has 3 heterocycles. The second-order valence-electron chi connectivity index (χ2n) is 7.89. The summed E-state index contributed by atoms with van der Waals surface area (Å²) >= 11 is 12.2. The van der Waals surface area contributed by atoms with Gasteiger partial charge in [0, 0.05) is 36.7 Å². The number of pyridine rings is 2. The Morgan fingerprint density at radius 3 is 2.50 bits per heavy atom. The summed E-state index contributed by atoms with van der Waals surface area (Å²) in [6.45, 7) is 2.56. The fraction of sp³-hybridized carbons (Fsp3) is 0.0769. The average molecular weight is 489 g/mol. The highest BCUT2D eigenvalue weighted by Gasteiger charge is 2.24. The highest BCUT2D eigenvalue weighted by molar-refractivity contribution is 6.50. The minimum atomic E-state index is -0.848. The number of carbonyl (C=O) groups excluding carboxylic acids is 2. The first-order valence-electron chi connectivity index (χ1n) is 10.5. The first-order chi connectivity index (χ1) is 16.4. The van der Waals surface area contributed by atoms with Crippen LogP contribution in [0.25, 0.3) is 21.8 Å². The fourth-order valence-electron chi connectivity index (χ4n) is 4.07. The van der Waals surface area contributed by atoms with Gasteiger partial charge in [-0.2, -0.15) is 0 Å². The van der Waals surface area contributed by atoms with E-state index in [9.17, 15) is 9.59 Å². The van der Waals surface area contributed by atoms with Crippen molar-refractivity contribution < 1.29 is 9.59 Å². The molecule has 0 aliphatic carbocycles. The van der Waals surface area contributed by atoms with Crippen LogP contribution in [-0.2, 0) is 11.3 Å². The topological polar surface area (TPSA) is 76.9 Å². The molecular formula is C26H18Cl2N4O2. The highest BCUT2D eigenvalue weighted by atomic mass is 35.5. The van der Waals surface area contributed by atoms with Crippen LogP contribution in [0.4, 0.5) is 5.69 Å². The predicted molar refractivity (Wildman–Crippen MR) is 135 cm³/mol. The van der Waals surface area contributed by atoms with E-state index in [2.05, 4.69) is 46.5 Å². The lowest BCUT2D eigenvalue weighted by Gasteiger charge is -2.12. The number of benzene rings is 2. The molecule has 0 saturated heterocycles. The van der Waals surface area contributed by atoms with Crippen LogP contribution in [0.1, 0.15) is 21.5 Å². The first kappa shape index (κ1) is 22.1. The average Bonchev–Trinajstić information content (AvgIpc) is 3.21. The van der Waals surface area contributed by atoms with Crippen molar-refractivity contribution in [3.63, 3.8) is 0 Å². The number of amides is 1. The molecule has 3 aromatic heterocycles. The maximum absolute atomic E-state index is 13.2. The van der Waals surface area contributed by atoms with Gasteiger partial charge in [0.05, 0.1) is 21.3 Å². The summed E-state index contributed by atoms with van der Waals surface area (Å²) in [6, 6.07) is 15.9. The number of carbonyl (C=O) groups is 2. The number of nitrogens with one attached hydrogen (secondary N) is 1. The Kier molecular flexibility index (Phi) is 5.77. The Bertz CT molecular complexity index is 1570. The van der Waals surface area contributed by atoms with E-state index in [4.69, 9.17) is 23.2 Å². The van der Waals surface area contributed by atoms with Gasteiger partial charge in [-0.15, -0.1) is 0 Å². The summed E-state index contributed by atoms with van der Waals surface area (Å²) in [5.41, 5.74) is 3.26. The molecule has 0 aliphatic heterocycles. The van der Waals surface area contributed by atoms with Gasteiger partial charge < -0.3 is 9.88 Å². The lowest BCUT2D eigenvalue weighted by atomic mass is 10.00. The molecule has 34 heavy (non-hydrogen) atoms. The van der Waals surface area contributed by atoms with Crippen LogP contribution in [-0.4, -0.2) is 26.2 Å². The summed E-state index contributed by atoms with van der Waals surface area (Å²) in [6.07, 6.45) is 6.03. The molecule has 5 aromatic rings. The van der Waals surface area contributed by atoms with Crippen LogP contribution < -0.4 is 5.32 Å². The molecule has 0 fully saturated rings. The maximum atomic E-state index is 13.2. The Hall–Kier alpha value is -3.74. The number of hydrogen-bond donors (Lipinski definition) is 1. The number of ketones is 1. The van der Waals surface area contributed by atoms with Gasteiger partial charge in [-0.1, -0.05) is 59.6 Å². The van der Waals surface area contributed by atoms with Crippen molar-refractivity contribution >= 4 is 62.4 Å². The van der Waals surface area contributed by atoms with E-state index in [1.165, 1.54) is 12.4 Å². The number of anilines is 1. The Balaban J connectivity index is 1.55. The van der Waals surface area contributed by atoms with E-state index in [1.807, 2.05) is 16.7 Å². The zero-order chi connectivity index (χ0) is 23.8. The summed E-state index contributed by atoms with van der Waals surface area (Å²) in [4.78, 5) is 34.4. The monoisotopic (exact) mass is 488 g/mol. The lowest BCUT2D eigenvalue weighted by molar-refractivity contribution is -0.112. The summed E-state index contributed by atoms with van der Waals surface area (Å²) in [7, 11) is 0. The van der Waals surface area contributed by atoms with Crippen molar-refractivity contribution in [2.45, 2.75) is 13.5 Å². The SMILES string of the molecule is Cc1ccc2ccccc2c1Cn1cc(C(=O)C(=O)Nc2c(Cl)cncc2Cl)c2cccnc21. The summed E-state index contributed by atoms with van der Waals surface area (Å²) in [5.74, 6) is -1.56. The van der Waals surface area contributed by atoms with Crippen LogP contribution in [0.3, 0.4) is 0 Å². The number of nitrogens with zero attached hydrogens (tertiary/aromatic N) is 3. The van der Waals surface area contributed by atoms with Crippen molar-refractivity contribution in [2.75, 3.05) is 5.32 Å². The third-order valence-corrected chi connectivity index (χ3v) is 6.35. The van der Waals surface area contributed by atoms with Crippen molar-refractivity contribution in [1.29, 1.82) is 0 Å². The van der Waals surface area contributed by atoms with E-state index < -0.39 is 11.7 Å². The van der Waals surface area contributed by atoms with Gasteiger partial charge in [0.2, 0.25) is 0 Å². The second kappa shape index (κ2) is 8.89. The number of aryl methyl sites for hydroxylation is 1. The van der Waals surface area contributed by atoms with Crippen LogP contribution in [0.2, 0.25) is 10.0 Å². The smallest absolute Gasteiger partial charge is 0.296 e. The van der Waals surface area contributed by atoms with Gasteiger partial charge in [0.25, 0.3) is 11.7 Å². The molecule has 0 spiro atoms. The zero-order valence-corrected chi connectivity index (χ0v) is 19.6. The van der Waals surface area contributed by atoms with Crippen LogP contribution >= 0.6 is 23.2 Å². The molecule has 0 saturated carbocycles. The third kappa shape index (κ3) is 3.91. The molecule has 0 bridgehead atoms. The van der Waals surface area contributed by atoms with Crippen molar-refractivity contribution in [3.05, 3.63) is 100 Å². The van der Waals surface area contributed by atoms with Crippen molar-refractivity contribution in [1.82, 2.24) is 14.5 Å². The number of rotatable bonds is 5. The van der Waals surface area contributed by atoms with E-state index in [-0.39, 0.29) is 21.3 Å². The van der Waals surface area contributed by atoms with E-state index in [0.29, 0.717) is 17.6 Å². The number of aromatic nitrogens is 3. The molecule has 168 valence electrons. The quantitative estimate of drug-likeness (QED) is 0.240. The molecule has 0 aliphatic rings. The van der Waals surface area contributed by atoms with Gasteiger partial charge >= 0.3 is 0 Å². The van der Waals surface area contributed by atoms with E-state index in [0.717, 1.165) is 21.9 Å². The maximum Gasteiger partial charge on any atom is 0.296 e. The van der Waals surface area contributed by atoms with Crippen LogP contribution in [0, 0.1) is 6.92 Å². The summed E-state index contributed by atoms with van der Waals surface area (Å²) in [5, 5.41) is 5.65. The second-order valence-corrected chi connectivity index (χ2v) is 8.70. The lowest BCUT2D eigenvalue weighted by Crippen LogP contribution is -2.23. The van der Waals surface area contributed by atoms with Crippen LogP contribution in [0.15, 0.2) is 73.3 Å². The molecule has 0 atom stereocenters. The van der Waals surface area contributed by atoms with Gasteiger partial charge in [-0.25, -0.2) is 4.98 Å². The van der Waals surface area contributed by atoms with Crippen molar-refractivity contribution in [2.24, 2.45) is 0 Å². The largest absolute Gasteiger partial charge is 0.327 e. The molecular weight excluding hydrogens is 471 g/mol. The Morgan fingerprint density at radius 2 is 1.71 bits per heavy atom. The van der Waals surface area contributed by atoms with E-state index >= 15 is 0 Å². The number of Topliss-reactive ketones (excluding diaryl/α,β-unsaturated/α-hetero) is 1. The van der Waals surface area contributed by atoms with Gasteiger partial charge in [-0.3, -0.25) is 14.6 Å². The van der Waals surface area contributed by atoms with Gasteiger partial charge in [-0.05, 0) is 41.0 Å². The fourth-order valence-corrected chi connectivity index (χ4v) is 4.53. The molecule has 6 nitrogen and oxygen atoms in total. The molecule has 0 radical (unpaired) electrons. The number of halogens is 2. The first-order valence-corrected chi connectivity index (χ1v) is 11.3. The Morgan fingerprint density at radius 1 is 0.971 bits per heavy atom. The van der Waals surface area contributed by atoms with Gasteiger partial charge in [0.1, 0.15) is 5.65 Å². The number of fused-ring (bicyclic) bond motifs is 2. The van der Waals surface area contributed by atoms with Crippen LogP contribution in [0.5, 0.6) is 0 Å². The summed E-state index contributed by atoms with van der Waals surface area (Å²) < 4.78 is 1.90. The standard InChI is InChI=1S/C26H18Cl2N4O2/c1-15-8-9-16-5-2-3-6-17(16)19(15)13-32-14-20(18-7-4-10-30-25(18)32)24(33)26(34)31-23-21(27)11-29-12-22(23)28/h2-12,14H,13H2,1H3,(H,29,31,34). The Labute approximate surface area is 205 Å². The molecule has 1 amide bonds. The van der Waals surface area contributed by atoms with Crippen molar-refractivity contribution in [3.8, 4) is 0 Å². The molecule has 0 unspecified atom stereocenters. The predicted octanol–water partition coefficient (Wildman–Crippen LogP) is 6.07.